The van der Waals surface area contributed by atoms with E-state index in [9.17, 15) is 4.79 Å². The SMILES string of the molecule is CCCCNc1ccc(NC(=O)C2CCC(Oc3ccccc3)CC2)cc1.CNC. The third-order valence-electron chi connectivity index (χ3n) is 5.10. The highest BCUT2D eigenvalue weighted by molar-refractivity contribution is 5.92. The van der Waals surface area contributed by atoms with Crippen molar-refractivity contribution in [2.45, 2.75) is 51.6 Å². The molecule has 1 aliphatic rings. The number of rotatable bonds is 8. The lowest BCUT2D eigenvalue weighted by molar-refractivity contribution is -0.121. The van der Waals surface area contributed by atoms with Gasteiger partial charge in [-0.2, -0.15) is 0 Å². The van der Waals surface area contributed by atoms with Crippen molar-refractivity contribution in [1.29, 1.82) is 0 Å². The molecule has 0 unspecified atom stereocenters. The minimum Gasteiger partial charge on any atom is -0.490 e. The summed E-state index contributed by atoms with van der Waals surface area (Å²) in [7, 11) is 3.75. The molecule has 1 aliphatic carbocycles. The zero-order valence-corrected chi connectivity index (χ0v) is 18.6. The third kappa shape index (κ3) is 8.46. The molecule has 30 heavy (non-hydrogen) atoms. The standard InChI is InChI=1S/C23H30N2O2.C2H7N/c1-2-3-17-24-19-11-13-20(14-12-19)25-23(26)18-9-15-22(16-10-18)27-21-7-5-4-6-8-21;1-3-2/h4-8,11-14,18,22,24H,2-3,9-10,15-17H2,1H3,(H,25,26);3H,1-2H3. The average molecular weight is 412 g/mol. The van der Waals surface area contributed by atoms with Crippen molar-refractivity contribution in [3.8, 4) is 5.75 Å². The normalized spacial score (nSPS) is 18.0. The van der Waals surface area contributed by atoms with Crippen LogP contribution < -0.4 is 20.7 Å². The van der Waals surface area contributed by atoms with Crippen molar-refractivity contribution >= 4 is 17.3 Å². The molecule has 0 atom stereocenters. The molecular formula is C25H37N3O2. The van der Waals surface area contributed by atoms with Gasteiger partial charge in [-0.3, -0.25) is 4.79 Å². The number of carbonyl (C=O) groups is 1. The van der Waals surface area contributed by atoms with Crippen LogP contribution in [0.15, 0.2) is 54.6 Å². The van der Waals surface area contributed by atoms with E-state index in [4.69, 9.17) is 4.74 Å². The predicted molar refractivity (Wildman–Crippen MR) is 126 cm³/mol. The summed E-state index contributed by atoms with van der Waals surface area (Å²) in [6.07, 6.45) is 6.15. The van der Waals surface area contributed by atoms with Crippen LogP contribution in [-0.4, -0.2) is 32.7 Å². The van der Waals surface area contributed by atoms with Crippen molar-refractivity contribution in [2.75, 3.05) is 31.3 Å². The van der Waals surface area contributed by atoms with E-state index in [2.05, 4.69) is 22.9 Å². The van der Waals surface area contributed by atoms with Gasteiger partial charge in [0.2, 0.25) is 5.91 Å². The first-order valence-electron chi connectivity index (χ1n) is 11.1. The summed E-state index contributed by atoms with van der Waals surface area (Å²) in [5.41, 5.74) is 1.96. The van der Waals surface area contributed by atoms with Crippen LogP contribution in [0, 0.1) is 5.92 Å². The lowest BCUT2D eigenvalue weighted by atomic mass is 9.86. The lowest BCUT2D eigenvalue weighted by Crippen LogP contribution is -2.31. The fourth-order valence-electron chi connectivity index (χ4n) is 3.46. The number of carbonyl (C=O) groups excluding carboxylic acids is 1. The Bertz CT molecular complexity index is 711. The maximum Gasteiger partial charge on any atom is 0.227 e. The monoisotopic (exact) mass is 411 g/mol. The van der Waals surface area contributed by atoms with Crippen LogP contribution in [0.2, 0.25) is 0 Å². The molecule has 0 saturated heterocycles. The third-order valence-corrected chi connectivity index (χ3v) is 5.10. The number of anilines is 2. The van der Waals surface area contributed by atoms with Crippen LogP contribution in [0.25, 0.3) is 0 Å². The summed E-state index contributed by atoms with van der Waals surface area (Å²) in [4.78, 5) is 12.6. The highest BCUT2D eigenvalue weighted by Crippen LogP contribution is 2.28. The van der Waals surface area contributed by atoms with Gasteiger partial charge in [-0.05, 0) is 82.6 Å². The fourth-order valence-corrected chi connectivity index (χ4v) is 3.46. The Kier molecular flexibility index (Phi) is 10.8. The van der Waals surface area contributed by atoms with Crippen LogP contribution in [0.4, 0.5) is 11.4 Å². The van der Waals surface area contributed by atoms with Crippen molar-refractivity contribution < 1.29 is 9.53 Å². The van der Waals surface area contributed by atoms with E-state index in [1.54, 1.807) is 0 Å². The number of hydrogen-bond donors (Lipinski definition) is 3. The van der Waals surface area contributed by atoms with Crippen molar-refractivity contribution in [3.05, 3.63) is 54.6 Å². The molecule has 5 heteroatoms. The van der Waals surface area contributed by atoms with Crippen LogP contribution in [0.1, 0.15) is 45.4 Å². The predicted octanol–water partition coefficient (Wildman–Crippen LogP) is 5.31. The molecule has 0 bridgehead atoms. The highest BCUT2D eigenvalue weighted by Gasteiger charge is 2.27. The first-order valence-corrected chi connectivity index (χ1v) is 11.1. The maximum absolute atomic E-state index is 12.6. The molecule has 2 aromatic rings. The molecule has 1 fully saturated rings. The van der Waals surface area contributed by atoms with Gasteiger partial charge in [0.15, 0.2) is 0 Å². The molecule has 5 nitrogen and oxygen atoms in total. The minimum absolute atomic E-state index is 0.0722. The molecular weight excluding hydrogens is 374 g/mol. The zero-order valence-electron chi connectivity index (χ0n) is 18.6. The molecule has 0 spiro atoms. The van der Waals surface area contributed by atoms with Crippen LogP contribution in [-0.2, 0) is 4.79 Å². The molecule has 1 saturated carbocycles. The van der Waals surface area contributed by atoms with Gasteiger partial charge in [0, 0.05) is 23.8 Å². The van der Waals surface area contributed by atoms with E-state index in [-0.39, 0.29) is 17.9 Å². The second kappa shape index (κ2) is 13.6. The van der Waals surface area contributed by atoms with Gasteiger partial charge < -0.3 is 20.7 Å². The van der Waals surface area contributed by atoms with Gasteiger partial charge in [-0.25, -0.2) is 0 Å². The number of hydrogen-bond acceptors (Lipinski definition) is 4. The lowest BCUT2D eigenvalue weighted by Gasteiger charge is -2.28. The van der Waals surface area contributed by atoms with Crippen LogP contribution in [0.5, 0.6) is 5.75 Å². The van der Waals surface area contributed by atoms with E-state index >= 15 is 0 Å². The number of amides is 1. The van der Waals surface area contributed by atoms with Crippen molar-refractivity contribution in [2.24, 2.45) is 5.92 Å². The number of para-hydroxylation sites is 1. The molecule has 3 N–H and O–H groups in total. The summed E-state index contributed by atoms with van der Waals surface area (Å²) in [5, 5.41) is 9.20. The molecule has 0 aromatic heterocycles. The van der Waals surface area contributed by atoms with Gasteiger partial charge in [0.25, 0.3) is 0 Å². The first kappa shape index (κ1) is 23.7. The number of benzene rings is 2. The first-order chi connectivity index (χ1) is 14.7. The van der Waals surface area contributed by atoms with E-state index < -0.39 is 0 Å². The number of unbranched alkanes of at least 4 members (excludes halogenated alkanes) is 1. The Balaban J connectivity index is 0.00000101. The Morgan fingerprint density at radius 3 is 2.13 bits per heavy atom. The van der Waals surface area contributed by atoms with E-state index in [1.807, 2.05) is 68.7 Å². The Morgan fingerprint density at radius 2 is 1.53 bits per heavy atom. The molecule has 1 amide bonds. The Hall–Kier alpha value is -2.53. The van der Waals surface area contributed by atoms with Crippen LogP contribution in [0.3, 0.4) is 0 Å². The quantitative estimate of drug-likeness (QED) is 0.515. The maximum atomic E-state index is 12.6. The summed E-state index contributed by atoms with van der Waals surface area (Å²) in [6, 6.07) is 17.9. The second-order valence-electron chi connectivity index (χ2n) is 7.75. The molecule has 0 aliphatic heterocycles. The number of nitrogens with one attached hydrogen (secondary N) is 3. The zero-order chi connectivity index (χ0) is 21.6. The van der Waals surface area contributed by atoms with E-state index in [1.165, 1.54) is 6.42 Å². The van der Waals surface area contributed by atoms with E-state index in [0.717, 1.165) is 55.8 Å². The number of ether oxygens (including phenoxy) is 1. The fraction of sp³-hybridized carbons (Fsp3) is 0.480. The summed E-state index contributed by atoms with van der Waals surface area (Å²) in [5.74, 6) is 1.11. The summed E-state index contributed by atoms with van der Waals surface area (Å²) >= 11 is 0. The molecule has 0 heterocycles. The van der Waals surface area contributed by atoms with Gasteiger partial charge in [0.1, 0.15) is 5.75 Å². The second-order valence-corrected chi connectivity index (χ2v) is 7.75. The van der Waals surface area contributed by atoms with Gasteiger partial charge in [-0.1, -0.05) is 31.5 Å². The largest absolute Gasteiger partial charge is 0.490 e. The molecule has 3 rings (SSSR count). The van der Waals surface area contributed by atoms with Crippen LogP contribution >= 0.6 is 0 Å². The highest BCUT2D eigenvalue weighted by atomic mass is 16.5. The van der Waals surface area contributed by atoms with Crippen molar-refractivity contribution in [3.63, 3.8) is 0 Å². The smallest absolute Gasteiger partial charge is 0.227 e. The van der Waals surface area contributed by atoms with Gasteiger partial charge in [-0.15, -0.1) is 0 Å². The Labute approximate surface area is 181 Å². The van der Waals surface area contributed by atoms with Gasteiger partial charge >= 0.3 is 0 Å². The summed E-state index contributed by atoms with van der Waals surface area (Å²) in [6.45, 7) is 3.16. The van der Waals surface area contributed by atoms with E-state index in [0.29, 0.717) is 0 Å². The average Bonchev–Trinajstić information content (AvgIpc) is 2.77. The molecule has 2 aromatic carbocycles. The Morgan fingerprint density at radius 1 is 0.933 bits per heavy atom. The molecule has 0 radical (unpaired) electrons. The summed E-state index contributed by atoms with van der Waals surface area (Å²) < 4.78 is 6.02. The van der Waals surface area contributed by atoms with Gasteiger partial charge in [0.05, 0.1) is 6.10 Å². The van der Waals surface area contributed by atoms with Crippen molar-refractivity contribution in [1.82, 2.24) is 5.32 Å². The minimum atomic E-state index is 0.0722. The topological polar surface area (TPSA) is 62.4 Å². The molecule has 164 valence electrons.